The zero-order valence-corrected chi connectivity index (χ0v) is 8.84. The zero-order chi connectivity index (χ0) is 10.8. The summed E-state index contributed by atoms with van der Waals surface area (Å²) in [4.78, 5) is 22.9. The molecule has 1 aromatic carbocycles. The molecular formula is C11H8O3S. The van der Waals surface area contributed by atoms with Crippen molar-refractivity contribution in [3.63, 3.8) is 0 Å². The number of carbonyl (C=O) groups is 2. The third kappa shape index (κ3) is 1.76. The maximum atomic E-state index is 11.5. The highest BCUT2D eigenvalue weighted by Crippen LogP contribution is 2.25. The molecule has 0 radical (unpaired) electrons. The molecule has 0 saturated heterocycles. The molecule has 2 rings (SSSR count). The number of methoxy groups -OCH3 is 1. The molecule has 0 bridgehead atoms. The van der Waals surface area contributed by atoms with E-state index in [0.29, 0.717) is 4.88 Å². The molecule has 0 aliphatic carbocycles. The predicted molar refractivity (Wildman–Crippen MR) is 58.2 cm³/mol. The summed E-state index contributed by atoms with van der Waals surface area (Å²) in [6.07, 6.45) is 0. The van der Waals surface area contributed by atoms with Gasteiger partial charge in [0.25, 0.3) is 5.78 Å². The maximum absolute atomic E-state index is 11.5. The van der Waals surface area contributed by atoms with Gasteiger partial charge in [-0.2, -0.15) is 0 Å². The lowest BCUT2D eigenvalue weighted by molar-refractivity contribution is -0.135. The molecule has 0 aliphatic rings. The first-order chi connectivity index (χ1) is 7.22. The minimum absolute atomic E-state index is 0.419. The highest BCUT2D eigenvalue weighted by atomic mass is 32.1. The highest BCUT2D eigenvalue weighted by Gasteiger charge is 2.18. The van der Waals surface area contributed by atoms with Gasteiger partial charge in [0, 0.05) is 4.70 Å². The van der Waals surface area contributed by atoms with Crippen LogP contribution in [0.3, 0.4) is 0 Å². The van der Waals surface area contributed by atoms with Crippen LogP contribution in [-0.2, 0) is 9.53 Å². The largest absolute Gasteiger partial charge is 0.463 e. The van der Waals surface area contributed by atoms with Gasteiger partial charge in [-0.25, -0.2) is 4.79 Å². The van der Waals surface area contributed by atoms with Crippen molar-refractivity contribution in [2.75, 3.05) is 7.11 Å². The Hall–Kier alpha value is -1.68. The van der Waals surface area contributed by atoms with Crippen LogP contribution >= 0.6 is 11.3 Å². The van der Waals surface area contributed by atoms with Crippen LogP contribution in [0.5, 0.6) is 0 Å². The van der Waals surface area contributed by atoms with Crippen molar-refractivity contribution in [3.05, 3.63) is 35.2 Å². The van der Waals surface area contributed by atoms with Crippen LogP contribution in [0.2, 0.25) is 0 Å². The summed E-state index contributed by atoms with van der Waals surface area (Å²) < 4.78 is 5.37. The number of hydrogen-bond acceptors (Lipinski definition) is 4. The van der Waals surface area contributed by atoms with Crippen LogP contribution < -0.4 is 0 Å². The Kier molecular flexibility index (Phi) is 2.51. The Labute approximate surface area is 90.3 Å². The van der Waals surface area contributed by atoms with Crippen LogP contribution in [0.4, 0.5) is 0 Å². The Morgan fingerprint density at radius 3 is 2.67 bits per heavy atom. The summed E-state index contributed by atoms with van der Waals surface area (Å²) in [7, 11) is 1.20. The summed E-state index contributed by atoms with van der Waals surface area (Å²) >= 11 is 1.30. The maximum Gasteiger partial charge on any atom is 0.380 e. The van der Waals surface area contributed by atoms with Crippen LogP contribution in [0.15, 0.2) is 30.3 Å². The van der Waals surface area contributed by atoms with Crippen molar-refractivity contribution in [1.29, 1.82) is 0 Å². The summed E-state index contributed by atoms with van der Waals surface area (Å²) in [5.41, 5.74) is 0. The van der Waals surface area contributed by atoms with Crippen molar-refractivity contribution >= 4 is 33.2 Å². The van der Waals surface area contributed by atoms with Gasteiger partial charge in [0.15, 0.2) is 0 Å². The van der Waals surface area contributed by atoms with Crippen molar-refractivity contribution in [2.24, 2.45) is 0 Å². The molecule has 0 unspecified atom stereocenters. The number of fused-ring (bicyclic) bond motifs is 1. The second-order valence-electron chi connectivity index (χ2n) is 2.97. The lowest BCUT2D eigenvalue weighted by Gasteiger charge is -1.92. The Balaban J connectivity index is 2.45. The average molecular weight is 220 g/mol. The monoisotopic (exact) mass is 220 g/mol. The summed E-state index contributed by atoms with van der Waals surface area (Å²) in [6.45, 7) is 0. The van der Waals surface area contributed by atoms with Gasteiger partial charge in [-0.1, -0.05) is 18.2 Å². The van der Waals surface area contributed by atoms with E-state index >= 15 is 0 Å². The molecule has 1 heterocycles. The van der Waals surface area contributed by atoms with Crippen molar-refractivity contribution in [2.45, 2.75) is 0 Å². The lowest BCUT2D eigenvalue weighted by Crippen LogP contribution is -2.13. The molecule has 2 aromatic rings. The number of esters is 1. The number of hydrogen-bond donors (Lipinski definition) is 0. The van der Waals surface area contributed by atoms with Crippen molar-refractivity contribution in [1.82, 2.24) is 0 Å². The molecular weight excluding hydrogens is 212 g/mol. The summed E-state index contributed by atoms with van der Waals surface area (Å²) in [5, 5.41) is 0.967. The highest BCUT2D eigenvalue weighted by molar-refractivity contribution is 7.21. The van der Waals surface area contributed by atoms with E-state index in [0.717, 1.165) is 10.1 Å². The first kappa shape index (κ1) is 9.86. The first-order valence-electron chi connectivity index (χ1n) is 4.33. The predicted octanol–water partition coefficient (Wildman–Crippen LogP) is 2.26. The van der Waals surface area contributed by atoms with E-state index in [1.807, 2.05) is 24.3 Å². The minimum atomic E-state index is -0.818. The molecule has 0 atom stereocenters. The number of carbonyl (C=O) groups excluding carboxylic acids is 2. The molecule has 0 amide bonds. The van der Waals surface area contributed by atoms with Gasteiger partial charge in [-0.15, -0.1) is 11.3 Å². The molecule has 15 heavy (non-hydrogen) atoms. The zero-order valence-electron chi connectivity index (χ0n) is 8.02. The fourth-order valence-electron chi connectivity index (χ4n) is 1.29. The second-order valence-corrected chi connectivity index (χ2v) is 4.05. The topological polar surface area (TPSA) is 43.4 Å². The smallest absolute Gasteiger partial charge is 0.380 e. The molecule has 0 N–H and O–H groups in total. The molecule has 3 nitrogen and oxygen atoms in total. The third-order valence-electron chi connectivity index (χ3n) is 2.02. The number of benzene rings is 1. The van der Waals surface area contributed by atoms with E-state index in [1.54, 1.807) is 6.07 Å². The van der Waals surface area contributed by atoms with Crippen LogP contribution in [0, 0.1) is 0 Å². The molecule has 76 valence electrons. The van der Waals surface area contributed by atoms with Crippen molar-refractivity contribution in [3.8, 4) is 0 Å². The SMILES string of the molecule is COC(=O)C(=O)c1cc2ccccc2s1. The van der Waals surface area contributed by atoms with Crippen molar-refractivity contribution < 1.29 is 14.3 Å². The quantitative estimate of drug-likeness (QED) is 0.443. The van der Waals surface area contributed by atoms with E-state index in [9.17, 15) is 9.59 Å². The number of ether oxygens (including phenoxy) is 1. The second kappa shape index (κ2) is 3.82. The van der Waals surface area contributed by atoms with E-state index in [2.05, 4.69) is 4.74 Å². The van der Waals surface area contributed by atoms with E-state index in [4.69, 9.17) is 0 Å². The lowest BCUT2D eigenvalue weighted by atomic mass is 10.2. The van der Waals surface area contributed by atoms with Crippen LogP contribution in [0.1, 0.15) is 9.67 Å². The van der Waals surface area contributed by atoms with Crippen LogP contribution in [-0.4, -0.2) is 18.9 Å². The van der Waals surface area contributed by atoms with E-state index < -0.39 is 11.8 Å². The van der Waals surface area contributed by atoms with E-state index in [-0.39, 0.29) is 0 Å². The Morgan fingerprint density at radius 2 is 2.00 bits per heavy atom. The molecule has 0 fully saturated rings. The standard InChI is InChI=1S/C11H8O3S/c1-14-11(13)10(12)9-6-7-4-2-3-5-8(7)15-9/h2-6H,1H3. The number of ketones is 1. The normalized spacial score (nSPS) is 10.2. The molecule has 4 heteroatoms. The van der Waals surface area contributed by atoms with Gasteiger partial charge in [0.05, 0.1) is 12.0 Å². The van der Waals surface area contributed by atoms with Gasteiger partial charge in [0.2, 0.25) is 0 Å². The number of thiophene rings is 1. The summed E-state index contributed by atoms with van der Waals surface area (Å²) in [6, 6.07) is 9.31. The van der Waals surface area contributed by atoms with Gasteiger partial charge in [-0.05, 0) is 17.5 Å². The Bertz CT molecular complexity index is 494. The van der Waals surface area contributed by atoms with Gasteiger partial charge < -0.3 is 4.74 Å². The number of Topliss-reactive ketones (excluding diaryl/α,β-unsaturated/α-hetero) is 1. The summed E-state index contributed by atoms with van der Waals surface area (Å²) in [5.74, 6) is -1.40. The average Bonchev–Trinajstić information content (AvgIpc) is 2.70. The molecule has 0 saturated carbocycles. The number of rotatable bonds is 2. The van der Waals surface area contributed by atoms with Gasteiger partial charge in [0.1, 0.15) is 0 Å². The first-order valence-corrected chi connectivity index (χ1v) is 5.15. The minimum Gasteiger partial charge on any atom is -0.463 e. The fraction of sp³-hybridized carbons (Fsp3) is 0.0909. The Morgan fingerprint density at radius 1 is 1.27 bits per heavy atom. The van der Waals surface area contributed by atoms with Crippen LogP contribution in [0.25, 0.3) is 10.1 Å². The molecule has 0 spiro atoms. The van der Waals surface area contributed by atoms with E-state index in [1.165, 1.54) is 18.4 Å². The van der Waals surface area contributed by atoms with Gasteiger partial charge in [-0.3, -0.25) is 4.79 Å². The van der Waals surface area contributed by atoms with Gasteiger partial charge >= 0.3 is 5.97 Å². The third-order valence-corrected chi connectivity index (χ3v) is 3.13. The fourth-order valence-corrected chi connectivity index (χ4v) is 2.28. The molecule has 1 aromatic heterocycles. The molecule has 0 aliphatic heterocycles.